The van der Waals surface area contributed by atoms with Crippen LogP contribution in [-0.4, -0.2) is 96.7 Å². The van der Waals surface area contributed by atoms with Gasteiger partial charge in [0.2, 0.25) is 0 Å². The number of aliphatic hydroxyl groups is 1. The zero-order valence-corrected chi connectivity index (χ0v) is 66.2. The topological polar surface area (TPSA) is 237 Å². The largest absolute Gasteiger partial charge is 0.472 e. The summed E-state index contributed by atoms with van der Waals surface area (Å²) in [4.78, 5) is 72.9. The highest BCUT2D eigenvalue weighted by Gasteiger charge is 2.30. The summed E-state index contributed by atoms with van der Waals surface area (Å²) in [6.45, 7) is 4.28. The van der Waals surface area contributed by atoms with Crippen molar-refractivity contribution >= 4 is 39.5 Å². The van der Waals surface area contributed by atoms with Crippen LogP contribution in [0.5, 0.6) is 0 Å². The summed E-state index contributed by atoms with van der Waals surface area (Å²) < 4.78 is 68.3. The molecule has 0 aromatic carbocycles. The molecule has 0 radical (unpaired) electrons. The molecular weight excluding hydrogens is 1350 g/mol. The van der Waals surface area contributed by atoms with Gasteiger partial charge in [-0.25, -0.2) is 9.13 Å². The number of phosphoric acid groups is 2. The van der Waals surface area contributed by atoms with E-state index >= 15 is 0 Å². The predicted octanol–water partition coefficient (Wildman–Crippen LogP) is 23.0. The van der Waals surface area contributed by atoms with Crippen LogP contribution in [0, 0.1) is 0 Å². The third-order valence-corrected chi connectivity index (χ3v) is 17.7. The molecule has 19 heteroatoms. The summed E-state index contributed by atoms with van der Waals surface area (Å²) in [6.07, 6.45) is 89.7. The van der Waals surface area contributed by atoms with Crippen molar-refractivity contribution in [3.05, 3.63) is 170 Å². The van der Waals surface area contributed by atoms with Gasteiger partial charge in [0.15, 0.2) is 12.2 Å². The predicted molar refractivity (Wildman–Crippen MR) is 426 cm³/mol. The maximum atomic E-state index is 13.1. The Labute approximate surface area is 629 Å². The molecule has 17 nitrogen and oxygen atoms in total. The highest BCUT2D eigenvalue weighted by atomic mass is 31.2. The first-order chi connectivity index (χ1) is 50.7. The molecule has 0 bridgehead atoms. The molecule has 0 saturated heterocycles. The minimum absolute atomic E-state index is 0.0849. The molecule has 104 heavy (non-hydrogen) atoms. The summed E-state index contributed by atoms with van der Waals surface area (Å²) in [5, 5.41) is 10.6. The van der Waals surface area contributed by atoms with Gasteiger partial charge in [-0.05, 0) is 116 Å². The number of rotatable bonds is 72. The lowest BCUT2D eigenvalue weighted by Gasteiger charge is -2.21. The Bertz CT molecular complexity index is 2640. The number of hydrogen-bond acceptors (Lipinski definition) is 15. The second-order valence-corrected chi connectivity index (χ2v) is 28.5. The molecule has 0 heterocycles. The molecule has 0 aromatic heterocycles. The van der Waals surface area contributed by atoms with Crippen LogP contribution in [0.1, 0.15) is 285 Å². The summed E-state index contributed by atoms with van der Waals surface area (Å²) in [5.41, 5.74) is 0. The molecule has 0 amide bonds. The second-order valence-electron chi connectivity index (χ2n) is 25.5. The summed E-state index contributed by atoms with van der Waals surface area (Å²) in [5.74, 6) is -2.50. The summed E-state index contributed by atoms with van der Waals surface area (Å²) >= 11 is 0. The lowest BCUT2D eigenvalue weighted by molar-refractivity contribution is -0.161. The number of unbranched alkanes of at least 4 members (excludes halogenated alkanes) is 20. The lowest BCUT2D eigenvalue weighted by Crippen LogP contribution is -2.30. The van der Waals surface area contributed by atoms with Crippen LogP contribution in [0.15, 0.2) is 170 Å². The van der Waals surface area contributed by atoms with Gasteiger partial charge in [-0.2, -0.15) is 0 Å². The van der Waals surface area contributed by atoms with Crippen LogP contribution >= 0.6 is 15.6 Å². The molecule has 0 rings (SSSR count). The molecule has 5 atom stereocenters. The highest BCUT2D eigenvalue weighted by molar-refractivity contribution is 7.47. The van der Waals surface area contributed by atoms with Crippen LogP contribution in [0.3, 0.4) is 0 Å². The second kappa shape index (κ2) is 75.6. The van der Waals surface area contributed by atoms with E-state index in [0.717, 1.165) is 141 Å². The molecule has 0 aromatic rings. The third-order valence-electron chi connectivity index (χ3n) is 15.8. The number of carbonyl (C=O) groups excluding carboxylic acids is 4. The van der Waals surface area contributed by atoms with Crippen LogP contribution in [0.4, 0.5) is 0 Å². The molecule has 0 aliphatic carbocycles. The summed E-state index contributed by atoms with van der Waals surface area (Å²) in [7, 11) is -10.0. The normalized spacial score (nSPS) is 14.8. The van der Waals surface area contributed by atoms with Crippen molar-refractivity contribution in [2.24, 2.45) is 0 Å². The summed E-state index contributed by atoms with van der Waals surface area (Å²) in [6, 6.07) is 0. The molecule has 0 spiro atoms. The fraction of sp³-hybridized carbons (Fsp3) is 0.624. The lowest BCUT2D eigenvalue weighted by atomic mass is 10.0. The van der Waals surface area contributed by atoms with Crippen molar-refractivity contribution < 1.29 is 80.2 Å². The quantitative estimate of drug-likeness (QED) is 0.0169. The maximum Gasteiger partial charge on any atom is 0.472 e. The van der Waals surface area contributed by atoms with Gasteiger partial charge in [-0.15, -0.1) is 0 Å². The Hall–Kier alpha value is -5.58. The third kappa shape index (κ3) is 74.7. The molecule has 0 aliphatic rings. The SMILES string of the molecule is CC/C=C\C/C=C\C/C=C\C/C=C\C/C=C\CC(=O)OCC(COP(=O)(O)OCC(O)COP(=O)(O)OCC(COC(=O)CCCCCCCC/C=C\C/C=C\C/C=C\C/C=C\CC)OC(=O)CCCCCCCCCCCCCCCCC)OC(=O)C/C=C\C/C=C\C/C=C\C/C=C\C/C=C\CC. The van der Waals surface area contributed by atoms with Crippen molar-refractivity contribution in [3.8, 4) is 0 Å². The Kier molecular flexibility index (Phi) is 71.6. The highest BCUT2D eigenvalue weighted by Crippen LogP contribution is 2.45. The zero-order valence-electron chi connectivity index (χ0n) is 64.4. The van der Waals surface area contributed by atoms with Gasteiger partial charge in [0.05, 0.1) is 39.3 Å². The Balaban J connectivity index is 5.50. The van der Waals surface area contributed by atoms with E-state index in [4.69, 9.17) is 37.0 Å². The zero-order chi connectivity index (χ0) is 76.0. The molecule has 590 valence electrons. The van der Waals surface area contributed by atoms with Crippen LogP contribution in [-0.2, 0) is 65.4 Å². The van der Waals surface area contributed by atoms with Gasteiger partial charge in [-0.3, -0.25) is 37.3 Å². The van der Waals surface area contributed by atoms with Crippen LogP contribution in [0.2, 0.25) is 0 Å². The van der Waals surface area contributed by atoms with E-state index in [1.165, 1.54) is 64.2 Å². The van der Waals surface area contributed by atoms with Gasteiger partial charge < -0.3 is 33.8 Å². The average Bonchev–Trinajstić information content (AvgIpc) is 0.912. The van der Waals surface area contributed by atoms with E-state index in [9.17, 15) is 43.2 Å². The van der Waals surface area contributed by atoms with Crippen molar-refractivity contribution in [2.45, 2.75) is 303 Å². The number of hydrogen-bond donors (Lipinski definition) is 3. The van der Waals surface area contributed by atoms with E-state index in [-0.39, 0.29) is 25.7 Å². The fourth-order valence-electron chi connectivity index (χ4n) is 9.89. The molecule has 0 saturated carbocycles. The number of carbonyl (C=O) groups is 4. The van der Waals surface area contributed by atoms with Gasteiger partial charge in [0.1, 0.15) is 19.3 Å². The van der Waals surface area contributed by atoms with E-state index < -0.39 is 97.5 Å². The first-order valence-electron chi connectivity index (χ1n) is 39.4. The van der Waals surface area contributed by atoms with Crippen molar-refractivity contribution in [1.82, 2.24) is 0 Å². The van der Waals surface area contributed by atoms with E-state index in [1.807, 2.05) is 30.4 Å². The Morgan fingerprint density at radius 1 is 0.288 bits per heavy atom. The molecule has 3 N–H and O–H groups in total. The fourth-order valence-corrected chi connectivity index (χ4v) is 11.5. The first kappa shape index (κ1) is 98.4. The van der Waals surface area contributed by atoms with Crippen LogP contribution < -0.4 is 0 Å². The van der Waals surface area contributed by atoms with Gasteiger partial charge in [0.25, 0.3) is 0 Å². The van der Waals surface area contributed by atoms with Crippen molar-refractivity contribution in [1.29, 1.82) is 0 Å². The van der Waals surface area contributed by atoms with Gasteiger partial charge in [0, 0.05) is 12.8 Å². The van der Waals surface area contributed by atoms with E-state index in [2.05, 4.69) is 149 Å². The monoisotopic (exact) mass is 1490 g/mol. The first-order valence-corrected chi connectivity index (χ1v) is 42.4. The molecular formula is C85H138O17P2. The minimum Gasteiger partial charge on any atom is -0.462 e. The maximum absolute atomic E-state index is 13.1. The molecule has 5 unspecified atom stereocenters. The van der Waals surface area contributed by atoms with E-state index in [0.29, 0.717) is 25.7 Å². The van der Waals surface area contributed by atoms with Crippen molar-refractivity contribution in [3.63, 3.8) is 0 Å². The average molecular weight is 1490 g/mol. The smallest absolute Gasteiger partial charge is 0.462 e. The molecule has 0 fully saturated rings. The van der Waals surface area contributed by atoms with Gasteiger partial charge in [-0.1, -0.05) is 313 Å². The van der Waals surface area contributed by atoms with Crippen molar-refractivity contribution in [2.75, 3.05) is 39.6 Å². The number of allylic oxidation sites excluding steroid dienone is 26. The number of esters is 4. The number of phosphoric ester groups is 2. The number of aliphatic hydroxyl groups excluding tert-OH is 1. The Morgan fingerprint density at radius 3 is 0.894 bits per heavy atom. The van der Waals surface area contributed by atoms with Crippen LogP contribution in [0.25, 0.3) is 0 Å². The van der Waals surface area contributed by atoms with E-state index in [1.54, 1.807) is 18.2 Å². The molecule has 0 aliphatic heterocycles. The minimum atomic E-state index is -5.03. The van der Waals surface area contributed by atoms with Gasteiger partial charge >= 0.3 is 39.5 Å². The number of ether oxygens (including phenoxy) is 4. The standard InChI is InChI=1S/C85H138O17P2/c1-5-9-13-17-21-25-29-33-37-38-39-40-44-46-50-54-58-62-66-70-83(88)96-76-81(102-85(90)72-68-64-60-56-52-48-43-36-32-28-24-20-16-12-8-4)78-100-104(93,94)98-74-79(86)73-97-103(91,92)99-77-80(101-84(89)71-67-63-59-55-51-47-42-35-31-27-23-19-15-11-7-3)75-95-82(87)69-65-61-57-53-49-45-41-34-30-26-22-18-14-10-6-2/h9-11,13-15,21-23,25-27,33-35,37,39-42,49,51,53,55,61,63,65,67,79-81,86H,5-8,12,16-20,24,28-32,36,38,43-48,50,52,54,56-60,62,64,66,68-78H2,1-4H3,(H,91,92)(H,93,94)/b13-9-,14-10-,15-11-,25-21-,26-22-,27-23-,37-33-,40-39-,41-34-,42-35-,53-49-,55-51-,65-61-,67-63-. The Morgan fingerprint density at radius 2 is 0.548 bits per heavy atom.